The topological polar surface area (TPSA) is 56.7 Å². The van der Waals surface area contributed by atoms with Crippen LogP contribution in [0.3, 0.4) is 0 Å². The van der Waals surface area contributed by atoms with E-state index in [0.717, 1.165) is 9.99 Å². The number of nitrogens with zero attached hydrogens (tertiary/aromatic N) is 4. The Hall–Kier alpha value is -0.920. The average molecular weight is 304 g/mol. The Morgan fingerprint density at radius 2 is 2.43 bits per heavy atom. The van der Waals surface area contributed by atoms with Gasteiger partial charge in [0, 0.05) is 12.6 Å². The first-order valence-electron chi connectivity index (χ1n) is 4.27. The molecule has 0 aliphatic rings. The van der Waals surface area contributed by atoms with Crippen LogP contribution in [0.25, 0.3) is 0 Å². The van der Waals surface area contributed by atoms with E-state index in [1.807, 2.05) is 13.1 Å². The molecule has 0 N–H and O–H groups in total. The maximum atomic E-state index is 4.99. The molecule has 0 saturated heterocycles. The highest BCUT2D eigenvalue weighted by Crippen LogP contribution is 2.04. The lowest BCUT2D eigenvalue weighted by Gasteiger charge is -1.93. The third-order valence-electron chi connectivity index (χ3n) is 1.72. The molecule has 0 fully saturated rings. The molecule has 14 heavy (non-hydrogen) atoms. The zero-order valence-electron chi connectivity index (χ0n) is 7.64. The molecule has 0 bridgehead atoms. The van der Waals surface area contributed by atoms with Crippen LogP contribution >= 0.6 is 22.6 Å². The second-order valence-corrected chi connectivity index (χ2v) is 4.06. The highest BCUT2D eigenvalue weighted by molar-refractivity contribution is 14.1. The van der Waals surface area contributed by atoms with Crippen molar-refractivity contribution >= 4 is 22.6 Å². The molecule has 2 aromatic heterocycles. The van der Waals surface area contributed by atoms with E-state index in [9.17, 15) is 0 Å². The highest BCUT2D eigenvalue weighted by Gasteiger charge is 2.05. The van der Waals surface area contributed by atoms with Crippen LogP contribution in [0.4, 0.5) is 0 Å². The first-order chi connectivity index (χ1) is 6.78. The van der Waals surface area contributed by atoms with Crippen LogP contribution in [0.1, 0.15) is 18.6 Å². The molecular formula is C8H9IN4O. The molecule has 0 amide bonds. The quantitative estimate of drug-likeness (QED) is 0.806. The Morgan fingerprint density at radius 1 is 1.57 bits per heavy atom. The minimum absolute atomic E-state index is 0.562. The predicted molar refractivity (Wildman–Crippen MR) is 57.7 cm³/mol. The van der Waals surface area contributed by atoms with Gasteiger partial charge in [-0.15, -0.1) is 0 Å². The van der Waals surface area contributed by atoms with Crippen molar-refractivity contribution in [3.63, 3.8) is 0 Å². The van der Waals surface area contributed by atoms with Crippen molar-refractivity contribution in [3.8, 4) is 0 Å². The van der Waals surface area contributed by atoms with E-state index in [2.05, 4.69) is 37.8 Å². The summed E-state index contributed by atoms with van der Waals surface area (Å²) in [5, 5.41) is 7.98. The maximum Gasteiger partial charge on any atom is 0.226 e. The van der Waals surface area contributed by atoms with E-state index in [4.69, 9.17) is 4.52 Å². The Labute approximate surface area is 94.6 Å². The van der Waals surface area contributed by atoms with Gasteiger partial charge in [-0.3, -0.25) is 4.68 Å². The lowest BCUT2D eigenvalue weighted by atomic mass is 10.5. The van der Waals surface area contributed by atoms with Crippen LogP contribution in [0.15, 0.2) is 16.9 Å². The molecule has 5 nitrogen and oxygen atoms in total. The van der Waals surface area contributed by atoms with Crippen molar-refractivity contribution in [1.29, 1.82) is 0 Å². The Kier molecular flexibility index (Phi) is 2.80. The fraction of sp³-hybridized carbons (Fsp3) is 0.375. The zero-order chi connectivity index (χ0) is 9.97. The Bertz CT molecular complexity index is 422. The summed E-state index contributed by atoms with van der Waals surface area (Å²) >= 11 is 2.21. The smallest absolute Gasteiger partial charge is 0.226 e. The summed E-state index contributed by atoms with van der Waals surface area (Å²) in [7, 11) is 0. The van der Waals surface area contributed by atoms with Gasteiger partial charge < -0.3 is 4.52 Å². The second-order valence-electron chi connectivity index (χ2n) is 2.81. The van der Waals surface area contributed by atoms with Crippen LogP contribution in [0.2, 0.25) is 0 Å². The van der Waals surface area contributed by atoms with E-state index >= 15 is 0 Å². The third kappa shape index (κ3) is 2.11. The number of aromatic nitrogens is 4. The van der Waals surface area contributed by atoms with Crippen molar-refractivity contribution in [1.82, 2.24) is 19.9 Å². The number of hydrogen-bond donors (Lipinski definition) is 0. The molecule has 0 aliphatic carbocycles. The molecule has 0 radical (unpaired) electrons. The summed E-state index contributed by atoms with van der Waals surface area (Å²) in [6, 6.07) is 0. The standard InChI is InChI=1S/C8H9IN4O/c1-2-8-11-7(12-14-8)5-13-4-6(9)3-10-13/h3-4H,2,5H2,1H3. The molecule has 0 aliphatic heterocycles. The van der Waals surface area contributed by atoms with E-state index in [1.165, 1.54) is 0 Å². The minimum Gasteiger partial charge on any atom is -0.339 e. The fourth-order valence-electron chi connectivity index (χ4n) is 1.07. The number of hydrogen-bond acceptors (Lipinski definition) is 4. The summed E-state index contributed by atoms with van der Waals surface area (Å²) in [5.41, 5.74) is 0. The molecule has 0 unspecified atom stereocenters. The van der Waals surface area contributed by atoms with Crippen molar-refractivity contribution in [3.05, 3.63) is 27.7 Å². The number of halogens is 1. The van der Waals surface area contributed by atoms with Gasteiger partial charge in [0.05, 0.1) is 9.77 Å². The summed E-state index contributed by atoms with van der Waals surface area (Å²) in [6.07, 6.45) is 4.49. The lowest BCUT2D eigenvalue weighted by molar-refractivity contribution is 0.374. The summed E-state index contributed by atoms with van der Waals surface area (Å²) in [6.45, 7) is 2.54. The summed E-state index contributed by atoms with van der Waals surface area (Å²) in [4.78, 5) is 4.19. The van der Waals surface area contributed by atoms with Gasteiger partial charge in [0.2, 0.25) is 5.89 Å². The van der Waals surface area contributed by atoms with Gasteiger partial charge in [0.1, 0.15) is 6.54 Å². The molecule has 0 atom stereocenters. The number of rotatable bonds is 3. The first-order valence-corrected chi connectivity index (χ1v) is 5.35. The predicted octanol–water partition coefficient (Wildman–Crippen LogP) is 1.48. The average Bonchev–Trinajstić information content (AvgIpc) is 2.76. The highest BCUT2D eigenvalue weighted by atomic mass is 127. The van der Waals surface area contributed by atoms with Gasteiger partial charge in [-0.25, -0.2) is 0 Å². The second kappa shape index (κ2) is 4.07. The van der Waals surface area contributed by atoms with Crippen LogP contribution in [0.5, 0.6) is 0 Å². The SMILES string of the molecule is CCc1nc(Cn2cc(I)cn2)no1. The van der Waals surface area contributed by atoms with Gasteiger partial charge in [-0.1, -0.05) is 12.1 Å². The molecule has 2 heterocycles. The monoisotopic (exact) mass is 304 g/mol. The van der Waals surface area contributed by atoms with Gasteiger partial charge in [-0.2, -0.15) is 10.1 Å². The van der Waals surface area contributed by atoms with Crippen LogP contribution in [0, 0.1) is 3.57 Å². The first kappa shape index (κ1) is 9.63. The van der Waals surface area contributed by atoms with Gasteiger partial charge in [0.25, 0.3) is 0 Å². The van der Waals surface area contributed by atoms with Crippen molar-refractivity contribution in [2.24, 2.45) is 0 Å². The molecular weight excluding hydrogens is 295 g/mol. The van der Waals surface area contributed by atoms with Gasteiger partial charge in [0.15, 0.2) is 5.82 Å². The van der Waals surface area contributed by atoms with Crippen molar-refractivity contribution < 1.29 is 4.52 Å². The molecule has 0 saturated carbocycles. The van der Waals surface area contributed by atoms with Crippen LogP contribution < -0.4 is 0 Å². The maximum absolute atomic E-state index is 4.99. The van der Waals surface area contributed by atoms with Crippen molar-refractivity contribution in [2.45, 2.75) is 19.9 Å². The largest absolute Gasteiger partial charge is 0.339 e. The molecule has 0 spiro atoms. The molecule has 2 rings (SSSR count). The third-order valence-corrected chi connectivity index (χ3v) is 2.27. The zero-order valence-corrected chi connectivity index (χ0v) is 9.80. The molecule has 0 aromatic carbocycles. The van der Waals surface area contributed by atoms with Gasteiger partial charge >= 0.3 is 0 Å². The summed E-state index contributed by atoms with van der Waals surface area (Å²) < 4.78 is 7.87. The molecule has 2 aromatic rings. The molecule has 6 heteroatoms. The fourth-order valence-corrected chi connectivity index (χ4v) is 1.51. The van der Waals surface area contributed by atoms with E-state index in [1.54, 1.807) is 10.9 Å². The molecule has 74 valence electrons. The normalized spacial score (nSPS) is 10.7. The number of aryl methyl sites for hydroxylation is 1. The Balaban J connectivity index is 2.10. The minimum atomic E-state index is 0.562. The Morgan fingerprint density at radius 3 is 3.00 bits per heavy atom. The van der Waals surface area contributed by atoms with Gasteiger partial charge in [-0.05, 0) is 22.6 Å². The lowest BCUT2D eigenvalue weighted by Crippen LogP contribution is -2.01. The van der Waals surface area contributed by atoms with E-state index in [0.29, 0.717) is 18.3 Å². The van der Waals surface area contributed by atoms with Crippen LogP contribution in [-0.2, 0) is 13.0 Å². The summed E-state index contributed by atoms with van der Waals surface area (Å²) in [5.74, 6) is 1.34. The van der Waals surface area contributed by atoms with Crippen LogP contribution in [-0.4, -0.2) is 19.9 Å². The van der Waals surface area contributed by atoms with E-state index in [-0.39, 0.29) is 0 Å². The van der Waals surface area contributed by atoms with E-state index < -0.39 is 0 Å². The van der Waals surface area contributed by atoms with Crippen molar-refractivity contribution in [2.75, 3.05) is 0 Å².